The van der Waals surface area contributed by atoms with Gasteiger partial charge in [0, 0.05) is 30.9 Å². The van der Waals surface area contributed by atoms with Crippen molar-refractivity contribution >= 4 is 23.4 Å². The maximum Gasteiger partial charge on any atom is 0.246 e. The van der Waals surface area contributed by atoms with Gasteiger partial charge < -0.3 is 20.3 Å². The Bertz CT molecular complexity index is 1190. The average Bonchev–Trinajstić information content (AvgIpc) is 3.64. The highest BCUT2D eigenvalue weighted by molar-refractivity contribution is 6.02. The zero-order valence-electron chi connectivity index (χ0n) is 25.5. The number of hydrogen-bond donors (Lipinski definition) is 2. The molecule has 4 aliphatic heterocycles. The van der Waals surface area contributed by atoms with Gasteiger partial charge in [-0.2, -0.15) is 0 Å². The molecule has 6 atom stereocenters. The molecule has 0 aromatic heterocycles. The highest BCUT2D eigenvalue weighted by atomic mass is 16.5. The summed E-state index contributed by atoms with van der Waals surface area (Å²) >= 11 is 0. The molecule has 8 nitrogen and oxygen atoms in total. The Morgan fingerprint density at radius 2 is 1.74 bits per heavy atom. The SMILES string of the molecule is CC[C@@H]1CCCCN1CCN1C(=O)[C@H]2[C@@H](C(=O)Nc3ccc(C(C)C)cc3)[C@H]3C=C[C@@]2(O3)[C@H]1C(=O)NC1CCCCC1. The van der Waals surface area contributed by atoms with Crippen molar-refractivity contribution in [3.05, 3.63) is 42.0 Å². The smallest absolute Gasteiger partial charge is 0.246 e. The van der Waals surface area contributed by atoms with Crippen molar-refractivity contribution in [3.63, 3.8) is 0 Å². The first kappa shape index (κ1) is 29.4. The van der Waals surface area contributed by atoms with E-state index in [1.807, 2.05) is 36.4 Å². The molecule has 0 unspecified atom stereocenters. The highest BCUT2D eigenvalue weighted by Gasteiger charge is 2.72. The number of ether oxygens (including phenoxy) is 1. The molecule has 4 heterocycles. The average molecular weight is 577 g/mol. The summed E-state index contributed by atoms with van der Waals surface area (Å²) in [7, 11) is 0. The molecule has 1 aliphatic carbocycles. The predicted molar refractivity (Wildman–Crippen MR) is 163 cm³/mol. The van der Waals surface area contributed by atoms with Crippen LogP contribution in [0.3, 0.4) is 0 Å². The first-order valence-corrected chi connectivity index (χ1v) is 16.4. The Hall–Kier alpha value is -2.71. The Morgan fingerprint density at radius 1 is 1.00 bits per heavy atom. The molecule has 0 radical (unpaired) electrons. The van der Waals surface area contributed by atoms with Crippen LogP contribution in [-0.4, -0.2) is 77.0 Å². The van der Waals surface area contributed by atoms with Crippen LogP contribution >= 0.6 is 0 Å². The third-order valence-corrected chi connectivity index (χ3v) is 10.6. The summed E-state index contributed by atoms with van der Waals surface area (Å²) in [6, 6.07) is 7.75. The largest absolute Gasteiger partial charge is 0.359 e. The van der Waals surface area contributed by atoms with Crippen LogP contribution in [0, 0.1) is 11.8 Å². The Labute approximate surface area is 250 Å². The number of piperidine rings is 1. The van der Waals surface area contributed by atoms with Crippen LogP contribution in [0.5, 0.6) is 0 Å². The molecule has 4 fully saturated rings. The normalized spacial score (nSPS) is 32.9. The van der Waals surface area contributed by atoms with Crippen LogP contribution in [0.2, 0.25) is 0 Å². The molecular weight excluding hydrogens is 528 g/mol. The molecule has 8 heteroatoms. The summed E-state index contributed by atoms with van der Waals surface area (Å²) in [5, 5.41) is 6.35. The minimum absolute atomic E-state index is 0.126. The lowest BCUT2D eigenvalue weighted by molar-refractivity contribution is -0.141. The summed E-state index contributed by atoms with van der Waals surface area (Å²) in [6.07, 6.45) is 13.3. The van der Waals surface area contributed by atoms with Crippen molar-refractivity contribution in [2.75, 3.05) is 25.0 Å². The van der Waals surface area contributed by atoms with Gasteiger partial charge in [-0.15, -0.1) is 0 Å². The molecule has 2 bridgehead atoms. The van der Waals surface area contributed by atoms with Crippen LogP contribution in [0.4, 0.5) is 5.69 Å². The van der Waals surface area contributed by atoms with Gasteiger partial charge in [0.15, 0.2) is 0 Å². The van der Waals surface area contributed by atoms with E-state index in [1.54, 1.807) is 4.90 Å². The number of rotatable bonds is 9. The van der Waals surface area contributed by atoms with Crippen LogP contribution in [0.1, 0.15) is 90.0 Å². The number of fused-ring (bicyclic) bond motifs is 1. The van der Waals surface area contributed by atoms with E-state index in [0.717, 1.165) is 51.6 Å². The van der Waals surface area contributed by atoms with Gasteiger partial charge in [-0.25, -0.2) is 0 Å². The molecule has 5 aliphatic rings. The van der Waals surface area contributed by atoms with Crippen molar-refractivity contribution in [2.45, 2.75) is 114 Å². The molecule has 1 aromatic carbocycles. The summed E-state index contributed by atoms with van der Waals surface area (Å²) in [6.45, 7) is 8.71. The monoisotopic (exact) mass is 576 g/mol. The van der Waals surface area contributed by atoms with E-state index in [0.29, 0.717) is 24.2 Å². The van der Waals surface area contributed by atoms with Gasteiger partial charge in [0.1, 0.15) is 11.6 Å². The van der Waals surface area contributed by atoms with Crippen LogP contribution in [0.15, 0.2) is 36.4 Å². The lowest BCUT2D eigenvalue weighted by Gasteiger charge is -2.38. The summed E-state index contributed by atoms with van der Waals surface area (Å²) in [5.74, 6) is -1.49. The maximum absolute atomic E-state index is 14.3. The minimum atomic E-state index is -1.12. The van der Waals surface area contributed by atoms with Crippen molar-refractivity contribution in [1.29, 1.82) is 0 Å². The Balaban J connectivity index is 1.25. The van der Waals surface area contributed by atoms with Gasteiger partial charge in [0.25, 0.3) is 0 Å². The number of amides is 3. The standard InChI is InChI=1S/C34H48N4O4/c1-4-26-12-8-9-19-37(26)20-21-38-30(32(40)36-24-10-6-5-7-11-24)34-18-17-27(42-34)28(29(34)33(38)41)31(39)35-25-15-13-23(14-16-25)22(2)3/h13-18,22,24,26-30H,4-12,19-21H2,1-3H3,(H,35,39)(H,36,40)/t26-,27-,28+,29-,30-,34+/m1/s1. The van der Waals surface area contributed by atoms with Crippen LogP contribution < -0.4 is 10.6 Å². The Kier molecular flexibility index (Phi) is 8.47. The number of nitrogens with one attached hydrogen (secondary N) is 2. The fraction of sp³-hybridized carbons (Fsp3) is 0.676. The summed E-state index contributed by atoms with van der Waals surface area (Å²) in [5.41, 5.74) is 0.788. The minimum Gasteiger partial charge on any atom is -0.359 e. The molecule has 1 saturated carbocycles. The summed E-state index contributed by atoms with van der Waals surface area (Å²) < 4.78 is 6.55. The second-order valence-electron chi connectivity index (χ2n) is 13.4. The van der Waals surface area contributed by atoms with E-state index in [-0.39, 0.29) is 23.8 Å². The van der Waals surface area contributed by atoms with Crippen LogP contribution in [-0.2, 0) is 19.1 Å². The quantitative estimate of drug-likeness (QED) is 0.419. The molecule has 1 spiro atoms. The lowest BCUT2D eigenvalue weighted by atomic mass is 9.74. The van der Waals surface area contributed by atoms with Gasteiger partial charge in [0.05, 0.1) is 17.9 Å². The van der Waals surface area contributed by atoms with Crippen LogP contribution in [0.25, 0.3) is 0 Å². The zero-order chi connectivity index (χ0) is 29.4. The number of carbonyl (C=O) groups excluding carboxylic acids is 3. The third-order valence-electron chi connectivity index (χ3n) is 10.6. The van der Waals surface area contributed by atoms with E-state index >= 15 is 0 Å². The van der Waals surface area contributed by atoms with Crippen molar-refractivity contribution < 1.29 is 19.1 Å². The van der Waals surface area contributed by atoms with Gasteiger partial charge in [0.2, 0.25) is 17.7 Å². The molecule has 2 N–H and O–H groups in total. The van der Waals surface area contributed by atoms with E-state index < -0.39 is 29.6 Å². The van der Waals surface area contributed by atoms with Gasteiger partial charge in [-0.3, -0.25) is 19.3 Å². The van der Waals surface area contributed by atoms with Gasteiger partial charge in [-0.1, -0.05) is 70.7 Å². The van der Waals surface area contributed by atoms with E-state index in [1.165, 1.54) is 24.8 Å². The van der Waals surface area contributed by atoms with Gasteiger partial charge in [-0.05, 0) is 62.3 Å². The van der Waals surface area contributed by atoms with E-state index in [4.69, 9.17) is 4.74 Å². The van der Waals surface area contributed by atoms with Gasteiger partial charge >= 0.3 is 0 Å². The fourth-order valence-corrected chi connectivity index (χ4v) is 8.26. The second-order valence-corrected chi connectivity index (χ2v) is 13.4. The molecule has 3 saturated heterocycles. The first-order chi connectivity index (χ1) is 20.3. The number of benzene rings is 1. The van der Waals surface area contributed by atoms with Crippen molar-refractivity contribution in [3.8, 4) is 0 Å². The third kappa shape index (κ3) is 5.30. The number of nitrogens with zero attached hydrogens (tertiary/aromatic N) is 2. The number of anilines is 1. The molecule has 1 aromatic rings. The number of hydrogen-bond acceptors (Lipinski definition) is 5. The molecular formula is C34H48N4O4. The Morgan fingerprint density at radius 3 is 2.45 bits per heavy atom. The molecule has 3 amide bonds. The first-order valence-electron chi connectivity index (χ1n) is 16.4. The molecule has 228 valence electrons. The second kappa shape index (κ2) is 12.1. The van der Waals surface area contributed by atoms with Crippen molar-refractivity contribution in [2.24, 2.45) is 11.8 Å². The van der Waals surface area contributed by atoms with E-state index in [9.17, 15) is 14.4 Å². The number of likely N-dealkylation sites (tertiary alicyclic amines) is 2. The molecule has 6 rings (SSSR count). The number of carbonyl (C=O) groups is 3. The summed E-state index contributed by atoms with van der Waals surface area (Å²) in [4.78, 5) is 46.4. The fourth-order valence-electron chi connectivity index (χ4n) is 8.26. The predicted octanol–water partition coefficient (Wildman–Crippen LogP) is 4.61. The van der Waals surface area contributed by atoms with E-state index in [2.05, 4.69) is 36.3 Å². The highest BCUT2D eigenvalue weighted by Crippen LogP contribution is 2.55. The topological polar surface area (TPSA) is 91.0 Å². The zero-order valence-corrected chi connectivity index (χ0v) is 25.5. The maximum atomic E-state index is 14.3. The van der Waals surface area contributed by atoms with Crippen molar-refractivity contribution in [1.82, 2.24) is 15.1 Å². The molecule has 42 heavy (non-hydrogen) atoms. The lowest BCUT2D eigenvalue weighted by Crippen LogP contribution is -2.57.